The number of rotatable bonds is 3. The van der Waals surface area contributed by atoms with Crippen LogP contribution in [-0.4, -0.2) is 10.7 Å². The molecule has 1 aromatic rings. The van der Waals surface area contributed by atoms with Crippen LogP contribution in [0.2, 0.25) is 4.34 Å². The first-order valence-electron chi connectivity index (χ1n) is 6.95. The Hall–Kier alpha value is -0.0500. The van der Waals surface area contributed by atoms with Gasteiger partial charge in [0.1, 0.15) is 0 Å². The molecule has 1 heterocycles. The first-order valence-corrected chi connectivity index (χ1v) is 8.14. The van der Waals surface area contributed by atoms with Crippen LogP contribution in [0.15, 0.2) is 12.1 Å². The van der Waals surface area contributed by atoms with E-state index in [4.69, 9.17) is 11.6 Å². The average molecular weight is 287 g/mol. The molecule has 0 radical (unpaired) electrons. The fourth-order valence-electron chi connectivity index (χ4n) is 3.03. The Morgan fingerprint density at radius 1 is 1.39 bits per heavy atom. The summed E-state index contributed by atoms with van der Waals surface area (Å²) in [5.41, 5.74) is -0.502. The van der Waals surface area contributed by atoms with Crippen molar-refractivity contribution < 1.29 is 5.11 Å². The third kappa shape index (κ3) is 3.72. The Balaban J connectivity index is 1.98. The van der Waals surface area contributed by atoms with E-state index in [-0.39, 0.29) is 0 Å². The first-order chi connectivity index (χ1) is 8.48. The summed E-state index contributed by atoms with van der Waals surface area (Å²) < 4.78 is 0.822. The Morgan fingerprint density at radius 2 is 2.17 bits per heavy atom. The molecular formula is C15H23ClOS. The maximum Gasteiger partial charge on any atom is 0.0931 e. The molecule has 0 aromatic carbocycles. The van der Waals surface area contributed by atoms with Crippen LogP contribution in [0.25, 0.3) is 0 Å². The van der Waals surface area contributed by atoms with Crippen LogP contribution in [0.3, 0.4) is 0 Å². The molecule has 0 amide bonds. The van der Waals surface area contributed by atoms with E-state index in [9.17, 15) is 5.11 Å². The van der Waals surface area contributed by atoms with Crippen LogP contribution in [0, 0.1) is 11.8 Å². The fourth-order valence-corrected chi connectivity index (χ4v) is 4.25. The molecule has 1 saturated carbocycles. The number of hydrogen-bond acceptors (Lipinski definition) is 2. The van der Waals surface area contributed by atoms with E-state index in [0.29, 0.717) is 0 Å². The molecule has 1 N–H and O–H groups in total. The maximum absolute atomic E-state index is 10.8. The second kappa shape index (κ2) is 5.94. The van der Waals surface area contributed by atoms with Crippen LogP contribution in [-0.2, 0) is 6.42 Å². The quantitative estimate of drug-likeness (QED) is 0.783. The number of aliphatic hydroxyl groups is 1. The van der Waals surface area contributed by atoms with E-state index in [0.717, 1.165) is 48.3 Å². The van der Waals surface area contributed by atoms with Gasteiger partial charge in [0, 0.05) is 11.3 Å². The van der Waals surface area contributed by atoms with Gasteiger partial charge in [0.2, 0.25) is 0 Å². The van der Waals surface area contributed by atoms with Gasteiger partial charge in [-0.05, 0) is 43.2 Å². The largest absolute Gasteiger partial charge is 0.390 e. The highest BCUT2D eigenvalue weighted by atomic mass is 35.5. The molecule has 1 fully saturated rings. The molecule has 0 saturated heterocycles. The molecule has 1 aromatic heterocycles. The molecule has 1 nitrogen and oxygen atoms in total. The lowest BCUT2D eigenvalue weighted by atomic mass is 9.86. The lowest BCUT2D eigenvalue weighted by Gasteiger charge is -2.26. The summed E-state index contributed by atoms with van der Waals surface area (Å²) in [5.74, 6) is 1.52. The van der Waals surface area contributed by atoms with Crippen LogP contribution in [0.5, 0.6) is 0 Å². The summed E-state index contributed by atoms with van der Waals surface area (Å²) in [4.78, 5) is 1.21. The molecular weight excluding hydrogens is 264 g/mol. The molecule has 0 spiro atoms. The summed E-state index contributed by atoms with van der Waals surface area (Å²) in [6.45, 7) is 4.60. The SMILES string of the molecule is CC(C)C1CCCC(O)(Cc2ccc(Cl)s2)CC1. The zero-order valence-electron chi connectivity index (χ0n) is 11.3. The summed E-state index contributed by atoms with van der Waals surface area (Å²) in [6, 6.07) is 3.98. The van der Waals surface area contributed by atoms with Crippen molar-refractivity contribution in [3.8, 4) is 0 Å². The molecule has 1 aliphatic carbocycles. The average Bonchev–Trinajstić information content (AvgIpc) is 2.58. The third-order valence-electron chi connectivity index (χ3n) is 4.27. The maximum atomic E-state index is 10.8. The first kappa shape index (κ1) is 14.4. The van der Waals surface area contributed by atoms with Gasteiger partial charge in [-0.15, -0.1) is 11.3 Å². The van der Waals surface area contributed by atoms with Gasteiger partial charge >= 0.3 is 0 Å². The highest BCUT2D eigenvalue weighted by Crippen LogP contribution is 2.37. The Labute approximate surface area is 119 Å². The zero-order chi connectivity index (χ0) is 13.2. The van der Waals surface area contributed by atoms with Gasteiger partial charge < -0.3 is 5.11 Å². The number of halogens is 1. The minimum atomic E-state index is -0.502. The minimum Gasteiger partial charge on any atom is -0.390 e. The zero-order valence-corrected chi connectivity index (χ0v) is 12.9. The van der Waals surface area contributed by atoms with Crippen molar-refractivity contribution in [2.24, 2.45) is 11.8 Å². The van der Waals surface area contributed by atoms with Crippen LogP contribution < -0.4 is 0 Å². The topological polar surface area (TPSA) is 20.2 Å². The van der Waals surface area contributed by atoms with Crippen molar-refractivity contribution in [3.05, 3.63) is 21.3 Å². The second-order valence-corrected chi connectivity index (χ2v) is 7.84. The van der Waals surface area contributed by atoms with E-state index < -0.39 is 5.60 Å². The number of thiophene rings is 1. The van der Waals surface area contributed by atoms with Crippen molar-refractivity contribution in [3.63, 3.8) is 0 Å². The van der Waals surface area contributed by atoms with Crippen molar-refractivity contribution in [1.29, 1.82) is 0 Å². The summed E-state index contributed by atoms with van der Waals surface area (Å²) in [7, 11) is 0. The summed E-state index contributed by atoms with van der Waals surface area (Å²) >= 11 is 7.56. The molecule has 2 unspecified atom stereocenters. The Morgan fingerprint density at radius 3 is 2.78 bits per heavy atom. The van der Waals surface area contributed by atoms with E-state index in [1.54, 1.807) is 11.3 Å². The van der Waals surface area contributed by atoms with Crippen LogP contribution in [0.4, 0.5) is 0 Å². The molecule has 18 heavy (non-hydrogen) atoms. The van der Waals surface area contributed by atoms with Crippen molar-refractivity contribution in [1.82, 2.24) is 0 Å². The van der Waals surface area contributed by atoms with E-state index >= 15 is 0 Å². The van der Waals surface area contributed by atoms with Crippen LogP contribution >= 0.6 is 22.9 Å². The predicted octanol–water partition coefficient (Wildman–Crippen LogP) is 4.91. The smallest absolute Gasteiger partial charge is 0.0931 e. The molecule has 3 heteroatoms. The minimum absolute atomic E-state index is 0.502. The molecule has 0 aliphatic heterocycles. The van der Waals surface area contributed by atoms with Gasteiger partial charge in [0.05, 0.1) is 9.94 Å². The number of hydrogen-bond donors (Lipinski definition) is 1. The monoisotopic (exact) mass is 286 g/mol. The predicted molar refractivity (Wildman–Crippen MR) is 79.4 cm³/mol. The van der Waals surface area contributed by atoms with Crippen molar-refractivity contribution in [2.45, 2.75) is 58.0 Å². The molecule has 102 valence electrons. The Bertz CT molecular complexity index is 388. The summed E-state index contributed by atoms with van der Waals surface area (Å²) in [6.07, 6.45) is 6.23. The standard InChI is InChI=1S/C15H23ClOS/c1-11(2)12-4-3-8-15(17,9-7-12)10-13-5-6-14(16)18-13/h5-6,11-12,17H,3-4,7-10H2,1-2H3. The molecule has 2 atom stereocenters. The van der Waals surface area contributed by atoms with E-state index in [2.05, 4.69) is 19.9 Å². The second-order valence-electron chi connectivity index (χ2n) is 6.04. The van der Waals surface area contributed by atoms with Gasteiger partial charge in [-0.2, -0.15) is 0 Å². The highest BCUT2D eigenvalue weighted by Gasteiger charge is 2.32. The van der Waals surface area contributed by atoms with Gasteiger partial charge in [-0.25, -0.2) is 0 Å². The Kier molecular flexibility index (Phi) is 4.74. The van der Waals surface area contributed by atoms with E-state index in [1.807, 2.05) is 6.07 Å². The fraction of sp³-hybridized carbons (Fsp3) is 0.733. The van der Waals surface area contributed by atoms with Gasteiger partial charge in [-0.1, -0.05) is 38.3 Å². The highest BCUT2D eigenvalue weighted by molar-refractivity contribution is 7.16. The third-order valence-corrected chi connectivity index (χ3v) is 5.50. The lowest BCUT2D eigenvalue weighted by molar-refractivity contribution is 0.0244. The molecule has 0 bridgehead atoms. The lowest BCUT2D eigenvalue weighted by Crippen LogP contribution is -2.30. The molecule has 1 aliphatic rings. The van der Waals surface area contributed by atoms with Crippen molar-refractivity contribution >= 4 is 22.9 Å². The van der Waals surface area contributed by atoms with Gasteiger partial charge in [-0.3, -0.25) is 0 Å². The normalized spacial score (nSPS) is 29.5. The van der Waals surface area contributed by atoms with E-state index in [1.165, 1.54) is 11.3 Å². The van der Waals surface area contributed by atoms with Crippen molar-refractivity contribution in [2.75, 3.05) is 0 Å². The van der Waals surface area contributed by atoms with Gasteiger partial charge in [0.25, 0.3) is 0 Å². The van der Waals surface area contributed by atoms with Gasteiger partial charge in [0.15, 0.2) is 0 Å². The molecule has 2 rings (SSSR count). The van der Waals surface area contributed by atoms with Crippen LogP contribution in [0.1, 0.15) is 50.8 Å². The summed E-state index contributed by atoms with van der Waals surface area (Å²) in [5, 5.41) is 10.8.